The summed E-state index contributed by atoms with van der Waals surface area (Å²) in [5, 5.41) is 9.42. The van der Waals surface area contributed by atoms with Gasteiger partial charge in [-0.1, -0.05) is 31.0 Å². The fourth-order valence-corrected chi connectivity index (χ4v) is 3.20. The summed E-state index contributed by atoms with van der Waals surface area (Å²) >= 11 is 0. The highest BCUT2D eigenvalue weighted by atomic mass is 16.5. The lowest BCUT2D eigenvalue weighted by Crippen LogP contribution is -2.43. The van der Waals surface area contributed by atoms with Crippen molar-refractivity contribution < 1.29 is 24.2 Å². The molecule has 0 spiro atoms. The van der Waals surface area contributed by atoms with Crippen molar-refractivity contribution >= 4 is 23.5 Å². The summed E-state index contributed by atoms with van der Waals surface area (Å²) in [6.45, 7) is 0.179. The highest BCUT2D eigenvalue weighted by Gasteiger charge is 2.38. The smallest absolute Gasteiger partial charge is 0.307 e. The quantitative estimate of drug-likeness (QED) is 0.809. The molecule has 6 nitrogen and oxygen atoms in total. The lowest BCUT2D eigenvalue weighted by Gasteiger charge is -2.32. The number of anilines is 1. The van der Waals surface area contributed by atoms with Crippen LogP contribution in [0.15, 0.2) is 30.3 Å². The summed E-state index contributed by atoms with van der Waals surface area (Å²) in [5.74, 6) is -2.75. The van der Waals surface area contributed by atoms with Gasteiger partial charge in [0, 0.05) is 12.2 Å². The number of carbonyl (C=O) groups is 3. The van der Waals surface area contributed by atoms with Gasteiger partial charge in [-0.05, 0) is 25.0 Å². The number of aliphatic carboxylic acids is 1. The van der Waals surface area contributed by atoms with E-state index in [4.69, 9.17) is 0 Å². The molecular formula is C18H23NO5. The Morgan fingerprint density at radius 3 is 2.33 bits per heavy atom. The Bertz CT molecular complexity index is 586. The van der Waals surface area contributed by atoms with Gasteiger partial charge in [0.1, 0.15) is 0 Å². The number of ether oxygens (including phenoxy) is 1. The van der Waals surface area contributed by atoms with Gasteiger partial charge in [-0.15, -0.1) is 0 Å². The summed E-state index contributed by atoms with van der Waals surface area (Å²) in [4.78, 5) is 37.5. The number of para-hydroxylation sites is 1. The third kappa shape index (κ3) is 4.34. The molecule has 0 saturated heterocycles. The second kappa shape index (κ2) is 8.47. The average Bonchev–Trinajstić information content (AvgIpc) is 2.62. The first-order chi connectivity index (χ1) is 11.5. The summed E-state index contributed by atoms with van der Waals surface area (Å²) in [6.07, 6.45) is 2.83. The van der Waals surface area contributed by atoms with Crippen LogP contribution in [-0.4, -0.2) is 36.6 Å². The molecule has 1 N–H and O–H groups in total. The van der Waals surface area contributed by atoms with E-state index >= 15 is 0 Å². The second-order valence-electron chi connectivity index (χ2n) is 5.99. The monoisotopic (exact) mass is 333 g/mol. The van der Waals surface area contributed by atoms with Gasteiger partial charge in [-0.3, -0.25) is 14.4 Å². The third-order valence-electron chi connectivity index (χ3n) is 4.50. The minimum absolute atomic E-state index is 0.0710. The van der Waals surface area contributed by atoms with E-state index in [2.05, 4.69) is 4.74 Å². The number of nitrogens with zero attached hydrogens (tertiary/aromatic N) is 1. The molecule has 0 bridgehead atoms. The van der Waals surface area contributed by atoms with E-state index in [1.165, 1.54) is 12.0 Å². The molecular weight excluding hydrogens is 310 g/mol. The molecule has 1 aliphatic carbocycles. The highest BCUT2D eigenvalue weighted by molar-refractivity contribution is 5.97. The fourth-order valence-electron chi connectivity index (χ4n) is 3.20. The lowest BCUT2D eigenvalue weighted by atomic mass is 9.78. The van der Waals surface area contributed by atoms with Crippen LogP contribution in [-0.2, 0) is 19.1 Å². The van der Waals surface area contributed by atoms with Gasteiger partial charge >= 0.3 is 11.9 Å². The largest absolute Gasteiger partial charge is 0.481 e. The number of rotatable bonds is 6. The standard InChI is InChI=1S/C18H23NO5/c1-24-16(20)11-12-19(13-7-3-2-4-8-13)17(21)14-9-5-6-10-15(14)18(22)23/h2-4,7-8,14-15H,5-6,9-12H2,1H3,(H,22,23). The van der Waals surface area contributed by atoms with Crippen molar-refractivity contribution in [1.82, 2.24) is 0 Å². The Hall–Kier alpha value is -2.37. The van der Waals surface area contributed by atoms with Crippen molar-refractivity contribution in [3.63, 3.8) is 0 Å². The number of carbonyl (C=O) groups excluding carboxylic acids is 2. The molecule has 0 aliphatic heterocycles. The number of methoxy groups -OCH3 is 1. The second-order valence-corrected chi connectivity index (χ2v) is 5.99. The summed E-state index contributed by atoms with van der Waals surface area (Å²) in [6, 6.07) is 9.03. The molecule has 130 valence electrons. The molecule has 2 unspecified atom stereocenters. The Kier molecular flexibility index (Phi) is 6.35. The maximum Gasteiger partial charge on any atom is 0.307 e. The van der Waals surface area contributed by atoms with Gasteiger partial charge in [0.2, 0.25) is 5.91 Å². The Balaban J connectivity index is 2.22. The molecule has 24 heavy (non-hydrogen) atoms. The van der Waals surface area contributed by atoms with Gasteiger partial charge in [0.15, 0.2) is 0 Å². The van der Waals surface area contributed by atoms with E-state index in [0.717, 1.165) is 12.8 Å². The van der Waals surface area contributed by atoms with Gasteiger partial charge in [0.25, 0.3) is 0 Å². The molecule has 2 atom stereocenters. The Labute approximate surface area is 141 Å². The molecule has 1 aromatic carbocycles. The van der Waals surface area contributed by atoms with E-state index in [-0.39, 0.29) is 18.9 Å². The molecule has 0 aromatic heterocycles. The van der Waals surface area contributed by atoms with E-state index < -0.39 is 23.8 Å². The van der Waals surface area contributed by atoms with Crippen molar-refractivity contribution in [1.29, 1.82) is 0 Å². The SMILES string of the molecule is COC(=O)CCN(C(=O)C1CCCCC1C(=O)O)c1ccccc1. The number of amides is 1. The van der Waals surface area contributed by atoms with Crippen molar-refractivity contribution in [3.8, 4) is 0 Å². The van der Waals surface area contributed by atoms with Crippen molar-refractivity contribution in [2.45, 2.75) is 32.1 Å². The van der Waals surface area contributed by atoms with E-state index in [0.29, 0.717) is 18.5 Å². The number of carboxylic acids is 1. The Morgan fingerprint density at radius 1 is 1.12 bits per heavy atom. The van der Waals surface area contributed by atoms with Crippen LogP contribution in [0.3, 0.4) is 0 Å². The van der Waals surface area contributed by atoms with E-state index in [1.807, 2.05) is 18.2 Å². The molecule has 1 fully saturated rings. The van der Waals surface area contributed by atoms with Crippen LogP contribution in [0.5, 0.6) is 0 Å². The number of carboxylic acid groups (broad SMARTS) is 1. The summed E-state index contributed by atoms with van der Waals surface area (Å²) in [7, 11) is 1.30. The van der Waals surface area contributed by atoms with E-state index in [9.17, 15) is 19.5 Å². The third-order valence-corrected chi connectivity index (χ3v) is 4.50. The molecule has 1 aromatic rings. The van der Waals surface area contributed by atoms with Crippen molar-refractivity contribution in [3.05, 3.63) is 30.3 Å². The maximum atomic E-state index is 13.0. The van der Waals surface area contributed by atoms with Gasteiger partial charge in [-0.25, -0.2) is 0 Å². The zero-order chi connectivity index (χ0) is 17.5. The fraction of sp³-hybridized carbons (Fsp3) is 0.500. The average molecular weight is 333 g/mol. The number of benzene rings is 1. The van der Waals surface area contributed by atoms with Gasteiger partial charge < -0.3 is 14.7 Å². The zero-order valence-electron chi connectivity index (χ0n) is 13.8. The minimum Gasteiger partial charge on any atom is -0.481 e. The molecule has 2 rings (SSSR count). The van der Waals surface area contributed by atoms with Crippen LogP contribution < -0.4 is 4.90 Å². The number of hydrogen-bond acceptors (Lipinski definition) is 4. The number of hydrogen-bond donors (Lipinski definition) is 1. The van der Waals surface area contributed by atoms with Crippen LogP contribution in [0, 0.1) is 11.8 Å². The van der Waals surface area contributed by atoms with Crippen LogP contribution in [0.25, 0.3) is 0 Å². The first-order valence-electron chi connectivity index (χ1n) is 8.20. The predicted molar refractivity (Wildman–Crippen MR) is 88.5 cm³/mol. The molecule has 1 aliphatic rings. The first-order valence-corrected chi connectivity index (χ1v) is 8.20. The first kappa shape index (κ1) is 18.0. The molecule has 0 heterocycles. The Morgan fingerprint density at radius 2 is 1.75 bits per heavy atom. The van der Waals surface area contributed by atoms with Crippen LogP contribution in [0.4, 0.5) is 5.69 Å². The maximum absolute atomic E-state index is 13.0. The predicted octanol–water partition coefficient (Wildman–Crippen LogP) is 2.47. The van der Waals surface area contributed by atoms with Crippen LogP contribution in [0.1, 0.15) is 32.1 Å². The molecule has 6 heteroatoms. The summed E-state index contributed by atoms with van der Waals surface area (Å²) in [5.41, 5.74) is 0.668. The van der Waals surface area contributed by atoms with Gasteiger partial charge in [0.05, 0.1) is 25.4 Å². The van der Waals surface area contributed by atoms with E-state index in [1.54, 1.807) is 12.1 Å². The van der Waals surface area contributed by atoms with Crippen LogP contribution in [0.2, 0.25) is 0 Å². The van der Waals surface area contributed by atoms with Gasteiger partial charge in [-0.2, -0.15) is 0 Å². The zero-order valence-corrected chi connectivity index (χ0v) is 13.8. The minimum atomic E-state index is -0.922. The number of esters is 1. The van der Waals surface area contributed by atoms with Crippen LogP contribution >= 0.6 is 0 Å². The normalized spacial score (nSPS) is 20.2. The molecule has 1 amide bonds. The molecule has 0 radical (unpaired) electrons. The van der Waals surface area contributed by atoms with Crippen molar-refractivity contribution in [2.24, 2.45) is 11.8 Å². The highest BCUT2D eigenvalue weighted by Crippen LogP contribution is 2.33. The summed E-state index contributed by atoms with van der Waals surface area (Å²) < 4.78 is 4.65. The topological polar surface area (TPSA) is 83.9 Å². The molecule has 1 saturated carbocycles. The lowest BCUT2D eigenvalue weighted by molar-refractivity contribution is -0.148. The van der Waals surface area contributed by atoms with Crippen molar-refractivity contribution in [2.75, 3.05) is 18.6 Å².